The fourth-order valence-electron chi connectivity index (χ4n) is 8.87. The molecule has 0 atom stereocenters. The number of nitrogens with zero attached hydrogens (tertiary/aromatic N) is 4. The first kappa shape index (κ1) is 32.0. The molecule has 0 saturated carbocycles. The maximum Gasteiger partial charge on any atom is 0.160 e. The van der Waals surface area contributed by atoms with E-state index in [9.17, 15) is 0 Å². The van der Waals surface area contributed by atoms with Gasteiger partial charge in [-0.1, -0.05) is 146 Å². The fraction of sp³-hybridized carbons (Fsp3) is 0. The Hall–Kier alpha value is -7.34. The summed E-state index contributed by atoms with van der Waals surface area (Å²) in [6, 6.07) is 69.2. The SMILES string of the molecule is c1ccc(-c2cc(-c3cccc(-n4c5ccccc5c5c6c7ccccc7n(-c7ccccc7)c6c6c7ccccc7sc6c54)c3)nc(-c3ccccc3)n2)cc1. The lowest BCUT2D eigenvalue weighted by Crippen LogP contribution is -1.98. The molecule has 0 aliphatic heterocycles. The quantitative estimate of drug-likeness (QED) is 0.176. The van der Waals surface area contributed by atoms with Crippen molar-refractivity contribution < 1.29 is 0 Å². The molecule has 0 spiro atoms. The molecule has 0 fully saturated rings. The van der Waals surface area contributed by atoms with Gasteiger partial charge in [-0.2, -0.15) is 0 Å². The van der Waals surface area contributed by atoms with Crippen molar-refractivity contribution in [3.8, 4) is 45.3 Å². The van der Waals surface area contributed by atoms with Crippen molar-refractivity contribution in [2.24, 2.45) is 0 Å². The summed E-state index contributed by atoms with van der Waals surface area (Å²) in [5.74, 6) is 0.707. The van der Waals surface area contributed by atoms with E-state index in [2.05, 4.69) is 179 Å². The average molecular weight is 745 g/mol. The lowest BCUT2D eigenvalue weighted by molar-refractivity contribution is 1.17. The molecule has 0 aliphatic carbocycles. The molecule has 12 aromatic rings. The number of para-hydroxylation sites is 3. The van der Waals surface area contributed by atoms with Crippen LogP contribution in [0.25, 0.3) is 109 Å². The van der Waals surface area contributed by atoms with E-state index in [1.165, 1.54) is 63.8 Å². The largest absolute Gasteiger partial charge is 0.309 e. The minimum atomic E-state index is 0.707. The molecule has 0 bridgehead atoms. The number of fused-ring (bicyclic) bond motifs is 12. The highest BCUT2D eigenvalue weighted by molar-refractivity contribution is 7.27. The van der Waals surface area contributed by atoms with Gasteiger partial charge >= 0.3 is 0 Å². The average Bonchev–Trinajstić information content (AvgIpc) is 3.95. The third-order valence-corrected chi connectivity index (χ3v) is 12.5. The topological polar surface area (TPSA) is 35.6 Å². The molecule has 0 radical (unpaired) electrons. The third-order valence-electron chi connectivity index (χ3n) is 11.3. The Kier molecular flexibility index (Phi) is 7.06. The van der Waals surface area contributed by atoms with Crippen molar-refractivity contribution in [1.82, 2.24) is 19.1 Å². The maximum absolute atomic E-state index is 5.21. The first-order valence-corrected chi connectivity index (χ1v) is 20.1. The molecule has 4 aromatic heterocycles. The molecule has 266 valence electrons. The molecule has 57 heavy (non-hydrogen) atoms. The summed E-state index contributed by atoms with van der Waals surface area (Å²) in [6.07, 6.45) is 0. The first-order valence-electron chi connectivity index (χ1n) is 19.3. The summed E-state index contributed by atoms with van der Waals surface area (Å²) >= 11 is 1.89. The zero-order valence-electron chi connectivity index (χ0n) is 30.7. The van der Waals surface area contributed by atoms with Gasteiger partial charge in [0.1, 0.15) is 0 Å². The van der Waals surface area contributed by atoms with Gasteiger partial charge in [-0.3, -0.25) is 0 Å². The standard InChI is InChI=1S/C52H32N4S/c1-4-17-33(18-5-1)41-32-42(54-52(53-41)34-19-6-2-7-20-34)35-21-16-24-37(31-35)56-44-29-14-11-26-39(44)47-46-38-25-10-13-28-43(38)55(36-22-8-3-9-23-36)49(46)48-40-27-12-15-30-45(40)57-51(48)50(47)56/h1-32H. The van der Waals surface area contributed by atoms with Crippen molar-refractivity contribution in [2.45, 2.75) is 0 Å². The molecule has 0 unspecified atom stereocenters. The Balaban J connectivity index is 1.20. The van der Waals surface area contributed by atoms with Crippen LogP contribution in [0.3, 0.4) is 0 Å². The van der Waals surface area contributed by atoms with Crippen LogP contribution in [0.1, 0.15) is 0 Å². The number of rotatable bonds is 5. The number of benzene rings is 8. The van der Waals surface area contributed by atoms with Gasteiger partial charge in [0.25, 0.3) is 0 Å². The molecule has 0 N–H and O–H groups in total. The van der Waals surface area contributed by atoms with Gasteiger partial charge in [-0.25, -0.2) is 9.97 Å². The Labute approximate surface area is 332 Å². The van der Waals surface area contributed by atoms with Crippen LogP contribution in [-0.4, -0.2) is 19.1 Å². The Morgan fingerprint density at radius 1 is 0.368 bits per heavy atom. The second kappa shape index (κ2) is 12.6. The predicted octanol–water partition coefficient (Wildman–Crippen LogP) is 14.0. The molecule has 5 heteroatoms. The molecule has 4 heterocycles. The summed E-state index contributed by atoms with van der Waals surface area (Å²) in [6.45, 7) is 0. The zero-order chi connectivity index (χ0) is 37.5. The predicted molar refractivity (Wildman–Crippen MR) is 240 cm³/mol. The second-order valence-electron chi connectivity index (χ2n) is 14.5. The van der Waals surface area contributed by atoms with Gasteiger partial charge in [0.05, 0.1) is 38.2 Å². The molecular formula is C52H32N4S. The summed E-state index contributed by atoms with van der Waals surface area (Å²) in [5.41, 5.74) is 12.0. The van der Waals surface area contributed by atoms with E-state index in [1.807, 2.05) is 35.6 Å². The van der Waals surface area contributed by atoms with Crippen molar-refractivity contribution in [2.75, 3.05) is 0 Å². The third kappa shape index (κ3) is 4.86. The zero-order valence-corrected chi connectivity index (χ0v) is 31.5. The van der Waals surface area contributed by atoms with E-state index in [0.29, 0.717) is 5.82 Å². The van der Waals surface area contributed by atoms with Crippen molar-refractivity contribution in [3.63, 3.8) is 0 Å². The normalized spacial score (nSPS) is 11.9. The van der Waals surface area contributed by atoms with E-state index < -0.39 is 0 Å². The summed E-state index contributed by atoms with van der Waals surface area (Å²) in [4.78, 5) is 10.3. The van der Waals surface area contributed by atoms with Crippen molar-refractivity contribution >= 4 is 75.1 Å². The number of aromatic nitrogens is 4. The van der Waals surface area contributed by atoms with Crippen LogP contribution in [0.15, 0.2) is 194 Å². The van der Waals surface area contributed by atoms with Gasteiger partial charge in [-0.15, -0.1) is 11.3 Å². The van der Waals surface area contributed by atoms with Crippen LogP contribution in [0.5, 0.6) is 0 Å². The van der Waals surface area contributed by atoms with Crippen LogP contribution >= 0.6 is 11.3 Å². The molecule has 12 rings (SSSR count). The molecular weight excluding hydrogens is 713 g/mol. The van der Waals surface area contributed by atoms with Crippen LogP contribution in [0.4, 0.5) is 0 Å². The van der Waals surface area contributed by atoms with Gasteiger partial charge in [0, 0.05) is 65.1 Å². The van der Waals surface area contributed by atoms with E-state index in [-0.39, 0.29) is 0 Å². The minimum Gasteiger partial charge on any atom is -0.309 e. The first-order chi connectivity index (χ1) is 28.3. The molecule has 0 saturated heterocycles. The summed E-state index contributed by atoms with van der Waals surface area (Å²) in [7, 11) is 0. The molecule has 0 amide bonds. The highest BCUT2D eigenvalue weighted by atomic mass is 32.1. The van der Waals surface area contributed by atoms with E-state index in [1.54, 1.807) is 0 Å². The Bertz CT molecular complexity index is 3450. The Morgan fingerprint density at radius 2 is 0.877 bits per heavy atom. The minimum absolute atomic E-state index is 0.707. The Morgan fingerprint density at radius 3 is 1.58 bits per heavy atom. The van der Waals surface area contributed by atoms with E-state index >= 15 is 0 Å². The summed E-state index contributed by atoms with van der Waals surface area (Å²) in [5, 5.41) is 7.60. The highest BCUT2D eigenvalue weighted by Crippen LogP contribution is 2.51. The van der Waals surface area contributed by atoms with Crippen LogP contribution in [0, 0.1) is 0 Å². The molecule has 4 nitrogen and oxygen atoms in total. The molecule has 8 aromatic carbocycles. The summed E-state index contributed by atoms with van der Waals surface area (Å²) < 4.78 is 7.54. The van der Waals surface area contributed by atoms with Gasteiger partial charge in [-0.05, 0) is 48.5 Å². The van der Waals surface area contributed by atoms with Crippen molar-refractivity contribution in [3.05, 3.63) is 194 Å². The number of hydrogen-bond donors (Lipinski definition) is 0. The monoisotopic (exact) mass is 744 g/mol. The molecule has 0 aliphatic rings. The number of hydrogen-bond acceptors (Lipinski definition) is 3. The van der Waals surface area contributed by atoms with Gasteiger partial charge in [0.2, 0.25) is 0 Å². The van der Waals surface area contributed by atoms with Crippen LogP contribution in [-0.2, 0) is 0 Å². The second-order valence-corrected chi connectivity index (χ2v) is 15.6. The van der Waals surface area contributed by atoms with E-state index in [0.717, 1.165) is 39.5 Å². The number of thiophene rings is 1. The van der Waals surface area contributed by atoms with Crippen molar-refractivity contribution in [1.29, 1.82) is 0 Å². The van der Waals surface area contributed by atoms with Gasteiger partial charge in [0.15, 0.2) is 5.82 Å². The fourth-order valence-corrected chi connectivity index (χ4v) is 10.1. The lowest BCUT2D eigenvalue weighted by atomic mass is 10.0. The smallest absolute Gasteiger partial charge is 0.160 e. The van der Waals surface area contributed by atoms with Gasteiger partial charge < -0.3 is 9.13 Å². The highest BCUT2D eigenvalue weighted by Gasteiger charge is 2.26. The lowest BCUT2D eigenvalue weighted by Gasteiger charge is -2.13. The maximum atomic E-state index is 5.21. The van der Waals surface area contributed by atoms with Crippen LogP contribution in [0.2, 0.25) is 0 Å². The van der Waals surface area contributed by atoms with Crippen LogP contribution < -0.4 is 0 Å². The van der Waals surface area contributed by atoms with E-state index in [4.69, 9.17) is 9.97 Å².